The Morgan fingerprint density at radius 1 is 1.19 bits per heavy atom. The zero-order valence-electron chi connectivity index (χ0n) is 14.5. The lowest BCUT2D eigenvalue weighted by atomic mass is 10.2. The van der Waals surface area contributed by atoms with Gasteiger partial charge in [-0.15, -0.1) is 11.3 Å². The summed E-state index contributed by atoms with van der Waals surface area (Å²) in [7, 11) is 0. The summed E-state index contributed by atoms with van der Waals surface area (Å²) < 4.78 is 4.89. The second-order valence-electron chi connectivity index (χ2n) is 5.36. The Hall–Kier alpha value is -3.33. The van der Waals surface area contributed by atoms with Crippen LogP contribution in [0.15, 0.2) is 48.1 Å². The zero-order chi connectivity index (χ0) is 19.1. The maximum atomic E-state index is 12.5. The Morgan fingerprint density at radius 2 is 2.00 bits per heavy atom. The van der Waals surface area contributed by atoms with E-state index in [9.17, 15) is 9.59 Å². The van der Waals surface area contributed by atoms with E-state index in [2.05, 4.69) is 25.6 Å². The molecule has 2 heterocycles. The van der Waals surface area contributed by atoms with E-state index >= 15 is 0 Å². The summed E-state index contributed by atoms with van der Waals surface area (Å²) in [5.74, 6) is -0.203. The standard InChI is InChI=1S/C18H17N5O3S/c1-2-26-15(24)10-14-11-27-18(22-14)23-16(25)12-5-3-6-13(9-12)21-17-19-7-4-8-20-17/h3-9,11H,2,10H2,1H3,(H,19,20,21)(H,22,23,25). The molecule has 9 heteroatoms. The van der Waals surface area contributed by atoms with Gasteiger partial charge in [-0.3, -0.25) is 14.9 Å². The van der Waals surface area contributed by atoms with Crippen molar-refractivity contribution in [3.63, 3.8) is 0 Å². The largest absolute Gasteiger partial charge is 0.466 e. The quantitative estimate of drug-likeness (QED) is 0.604. The van der Waals surface area contributed by atoms with Crippen molar-refractivity contribution in [3.05, 3.63) is 59.4 Å². The molecular formula is C18H17N5O3S. The van der Waals surface area contributed by atoms with Crippen molar-refractivity contribution < 1.29 is 14.3 Å². The molecule has 2 N–H and O–H groups in total. The van der Waals surface area contributed by atoms with Crippen molar-refractivity contribution in [1.82, 2.24) is 15.0 Å². The average molecular weight is 383 g/mol. The summed E-state index contributed by atoms with van der Waals surface area (Å²) >= 11 is 1.25. The Kier molecular flexibility index (Phi) is 6.06. The first kappa shape index (κ1) is 18.5. The van der Waals surface area contributed by atoms with E-state index in [0.29, 0.717) is 34.6 Å². The molecule has 138 valence electrons. The van der Waals surface area contributed by atoms with Crippen LogP contribution in [-0.4, -0.2) is 33.4 Å². The molecule has 0 aliphatic carbocycles. The minimum atomic E-state index is -0.345. The third kappa shape index (κ3) is 5.32. The average Bonchev–Trinajstić information content (AvgIpc) is 3.09. The van der Waals surface area contributed by atoms with Crippen LogP contribution in [0.5, 0.6) is 0 Å². The number of anilines is 3. The van der Waals surface area contributed by atoms with Crippen LogP contribution < -0.4 is 10.6 Å². The Labute approximate surface area is 159 Å². The van der Waals surface area contributed by atoms with Gasteiger partial charge in [-0.25, -0.2) is 15.0 Å². The van der Waals surface area contributed by atoms with Gasteiger partial charge in [-0.2, -0.15) is 0 Å². The van der Waals surface area contributed by atoms with Crippen LogP contribution in [0.1, 0.15) is 23.0 Å². The van der Waals surface area contributed by atoms with Gasteiger partial charge in [0.25, 0.3) is 5.91 Å². The summed E-state index contributed by atoms with van der Waals surface area (Å²) in [4.78, 5) is 36.4. The van der Waals surface area contributed by atoms with E-state index in [-0.39, 0.29) is 18.3 Å². The van der Waals surface area contributed by atoms with Crippen molar-refractivity contribution in [1.29, 1.82) is 0 Å². The highest BCUT2D eigenvalue weighted by molar-refractivity contribution is 7.14. The number of carbonyl (C=O) groups excluding carboxylic acids is 2. The molecule has 0 saturated heterocycles. The van der Waals surface area contributed by atoms with Crippen LogP contribution in [0.4, 0.5) is 16.8 Å². The molecule has 1 aromatic carbocycles. The highest BCUT2D eigenvalue weighted by Gasteiger charge is 2.12. The highest BCUT2D eigenvalue weighted by Crippen LogP contribution is 2.19. The highest BCUT2D eigenvalue weighted by atomic mass is 32.1. The summed E-state index contributed by atoms with van der Waals surface area (Å²) in [5.41, 5.74) is 1.71. The van der Waals surface area contributed by atoms with Crippen LogP contribution in [0.25, 0.3) is 0 Å². The SMILES string of the molecule is CCOC(=O)Cc1csc(NC(=O)c2cccc(Nc3ncccn3)c2)n1. The van der Waals surface area contributed by atoms with Crippen molar-refractivity contribution in [2.75, 3.05) is 17.2 Å². The molecule has 0 radical (unpaired) electrons. The number of thiazole rings is 1. The maximum absolute atomic E-state index is 12.5. The van der Waals surface area contributed by atoms with Crippen molar-refractivity contribution in [3.8, 4) is 0 Å². The Morgan fingerprint density at radius 3 is 2.78 bits per heavy atom. The molecule has 3 aromatic rings. The molecule has 0 spiro atoms. The summed E-state index contributed by atoms with van der Waals surface area (Å²) in [6, 6.07) is 8.68. The van der Waals surface area contributed by atoms with E-state index in [1.54, 1.807) is 49.0 Å². The lowest BCUT2D eigenvalue weighted by Crippen LogP contribution is -2.12. The zero-order valence-corrected chi connectivity index (χ0v) is 15.3. The van der Waals surface area contributed by atoms with Gasteiger partial charge in [0.2, 0.25) is 5.95 Å². The second kappa shape index (κ2) is 8.86. The number of rotatable bonds is 7. The van der Waals surface area contributed by atoms with Crippen LogP contribution >= 0.6 is 11.3 Å². The second-order valence-corrected chi connectivity index (χ2v) is 6.22. The molecule has 0 unspecified atom stereocenters. The predicted octanol–water partition coefficient (Wildman–Crippen LogP) is 3.03. The first-order valence-electron chi connectivity index (χ1n) is 8.19. The van der Waals surface area contributed by atoms with Gasteiger partial charge in [0.15, 0.2) is 5.13 Å². The third-order valence-electron chi connectivity index (χ3n) is 3.35. The number of esters is 1. The molecular weight excluding hydrogens is 366 g/mol. The fourth-order valence-corrected chi connectivity index (χ4v) is 2.91. The van der Waals surface area contributed by atoms with E-state index < -0.39 is 0 Å². The van der Waals surface area contributed by atoms with Gasteiger partial charge in [-0.1, -0.05) is 6.07 Å². The molecule has 0 fully saturated rings. The summed E-state index contributed by atoms with van der Waals surface area (Å²) in [6.07, 6.45) is 3.33. The smallest absolute Gasteiger partial charge is 0.311 e. The minimum absolute atomic E-state index is 0.0801. The molecule has 8 nitrogen and oxygen atoms in total. The molecule has 3 rings (SSSR count). The Balaban J connectivity index is 1.64. The van der Waals surface area contributed by atoms with Gasteiger partial charge in [-0.05, 0) is 31.2 Å². The van der Waals surface area contributed by atoms with Gasteiger partial charge >= 0.3 is 5.97 Å². The van der Waals surface area contributed by atoms with E-state index in [4.69, 9.17) is 4.74 Å². The molecule has 27 heavy (non-hydrogen) atoms. The van der Waals surface area contributed by atoms with Gasteiger partial charge in [0.1, 0.15) is 0 Å². The Bertz CT molecular complexity index is 930. The molecule has 0 bridgehead atoms. The van der Waals surface area contributed by atoms with Crippen molar-refractivity contribution in [2.45, 2.75) is 13.3 Å². The van der Waals surface area contributed by atoms with Crippen LogP contribution in [0.2, 0.25) is 0 Å². The van der Waals surface area contributed by atoms with E-state index in [1.165, 1.54) is 11.3 Å². The van der Waals surface area contributed by atoms with E-state index in [0.717, 1.165) is 0 Å². The van der Waals surface area contributed by atoms with Crippen molar-refractivity contribution in [2.24, 2.45) is 0 Å². The van der Waals surface area contributed by atoms with Crippen LogP contribution in [0, 0.1) is 0 Å². The number of nitrogens with one attached hydrogen (secondary N) is 2. The topological polar surface area (TPSA) is 106 Å². The van der Waals surface area contributed by atoms with Gasteiger partial charge in [0, 0.05) is 29.0 Å². The minimum Gasteiger partial charge on any atom is -0.466 e. The van der Waals surface area contributed by atoms with Crippen LogP contribution in [-0.2, 0) is 16.0 Å². The normalized spacial score (nSPS) is 10.3. The number of nitrogens with zero attached hydrogens (tertiary/aromatic N) is 3. The number of amides is 1. The molecule has 0 aliphatic rings. The molecule has 0 atom stereocenters. The van der Waals surface area contributed by atoms with Crippen molar-refractivity contribution >= 4 is 40.0 Å². The van der Waals surface area contributed by atoms with Gasteiger partial charge < -0.3 is 10.1 Å². The summed E-state index contributed by atoms with van der Waals surface area (Å²) in [5, 5.41) is 7.91. The van der Waals surface area contributed by atoms with Crippen LogP contribution in [0.3, 0.4) is 0 Å². The number of benzene rings is 1. The summed E-state index contributed by atoms with van der Waals surface area (Å²) in [6.45, 7) is 2.07. The number of carbonyl (C=O) groups is 2. The monoisotopic (exact) mass is 383 g/mol. The maximum Gasteiger partial charge on any atom is 0.311 e. The number of hydrogen-bond donors (Lipinski definition) is 2. The lowest BCUT2D eigenvalue weighted by Gasteiger charge is -2.06. The third-order valence-corrected chi connectivity index (χ3v) is 4.16. The van der Waals surface area contributed by atoms with Gasteiger partial charge in [0.05, 0.1) is 18.7 Å². The number of hydrogen-bond acceptors (Lipinski definition) is 8. The predicted molar refractivity (Wildman–Crippen MR) is 102 cm³/mol. The fourth-order valence-electron chi connectivity index (χ4n) is 2.21. The molecule has 2 aromatic heterocycles. The number of ether oxygens (including phenoxy) is 1. The molecule has 0 aliphatic heterocycles. The fraction of sp³-hybridized carbons (Fsp3) is 0.167. The first-order valence-corrected chi connectivity index (χ1v) is 9.07. The molecule has 1 amide bonds. The molecule has 0 saturated carbocycles. The number of aromatic nitrogens is 3. The van der Waals surface area contributed by atoms with E-state index in [1.807, 2.05) is 6.07 Å². The first-order chi connectivity index (χ1) is 13.1. The lowest BCUT2D eigenvalue weighted by molar-refractivity contribution is -0.142.